The maximum Gasteiger partial charge on any atom is 0.410 e. The first-order valence-electron chi connectivity index (χ1n) is 9.54. The van der Waals surface area contributed by atoms with Gasteiger partial charge in [0, 0.05) is 25.2 Å². The lowest BCUT2D eigenvalue weighted by Crippen LogP contribution is -2.41. The van der Waals surface area contributed by atoms with Crippen molar-refractivity contribution in [1.29, 1.82) is 0 Å². The lowest BCUT2D eigenvalue weighted by Gasteiger charge is -2.32. The zero-order valence-electron chi connectivity index (χ0n) is 14.7. The minimum Gasteiger partial charge on any atom is -0.446 e. The van der Waals surface area contributed by atoms with Gasteiger partial charge in [-0.2, -0.15) is 0 Å². The molecule has 1 aliphatic heterocycles. The third-order valence-corrected chi connectivity index (χ3v) is 5.70. The van der Waals surface area contributed by atoms with Gasteiger partial charge in [-0.1, -0.05) is 0 Å². The fourth-order valence-corrected chi connectivity index (χ4v) is 4.37. The van der Waals surface area contributed by atoms with Crippen molar-refractivity contribution in [2.45, 2.75) is 50.5 Å². The van der Waals surface area contributed by atoms with E-state index in [2.05, 4.69) is 19.4 Å². The van der Waals surface area contributed by atoms with Crippen molar-refractivity contribution in [2.24, 2.45) is 0 Å². The van der Waals surface area contributed by atoms with Crippen molar-refractivity contribution in [3.63, 3.8) is 0 Å². The van der Waals surface area contributed by atoms with Crippen molar-refractivity contribution >= 4 is 22.8 Å². The van der Waals surface area contributed by atoms with Crippen LogP contribution < -0.4 is 0 Å². The van der Waals surface area contributed by atoms with Crippen LogP contribution in [0.25, 0.3) is 16.7 Å². The highest BCUT2D eigenvalue weighted by atomic mass is 16.6. The summed E-state index contributed by atoms with van der Waals surface area (Å²) >= 11 is 0. The molecule has 3 aromatic heterocycles. The third-order valence-electron chi connectivity index (χ3n) is 5.70. The van der Waals surface area contributed by atoms with E-state index in [1.807, 2.05) is 29.6 Å². The average molecular weight is 353 g/mol. The number of imidazole rings is 1. The number of likely N-dealkylation sites (tertiary alicyclic amines) is 1. The molecule has 5 rings (SSSR count). The fourth-order valence-electron chi connectivity index (χ4n) is 4.37. The Balaban J connectivity index is 1.40. The molecule has 26 heavy (non-hydrogen) atoms. The topological polar surface area (TPSA) is 75.5 Å². The Bertz CT molecular complexity index is 940. The monoisotopic (exact) mass is 353 g/mol. The molecule has 4 heterocycles. The standard InChI is InChI=1S/C19H23N5O2/c25-19(26-15-5-1-2-6-15)23-9-3-4-13(12-23)18-22-11-14-10-21-17-16(24(14)18)7-8-20-17/h7-8,10-11,13,15,20H,1-6,9,12H2/t13-/m1/s1. The molecule has 1 saturated heterocycles. The van der Waals surface area contributed by atoms with Gasteiger partial charge < -0.3 is 14.6 Å². The maximum absolute atomic E-state index is 12.6. The van der Waals surface area contributed by atoms with Gasteiger partial charge in [-0.3, -0.25) is 4.40 Å². The summed E-state index contributed by atoms with van der Waals surface area (Å²) in [5.74, 6) is 1.22. The van der Waals surface area contributed by atoms with E-state index >= 15 is 0 Å². The molecule has 1 aliphatic carbocycles. The molecule has 7 heteroatoms. The van der Waals surface area contributed by atoms with Gasteiger partial charge in [0.25, 0.3) is 0 Å². The molecule has 0 unspecified atom stereocenters. The number of rotatable bonds is 2. The van der Waals surface area contributed by atoms with Crippen molar-refractivity contribution in [1.82, 2.24) is 24.3 Å². The molecular weight excluding hydrogens is 330 g/mol. The van der Waals surface area contributed by atoms with Crippen LogP contribution >= 0.6 is 0 Å². The SMILES string of the molecule is O=C(OC1CCCC1)N1CCC[C@@H](c2ncc3cnc4[nH]ccc4n23)C1. The normalized spacial score (nSPS) is 21.7. The number of carbonyl (C=O) groups excluding carboxylic acids is 1. The molecule has 2 aliphatic rings. The molecule has 136 valence electrons. The number of piperidine rings is 1. The quantitative estimate of drug-likeness (QED) is 0.765. The number of H-pyrrole nitrogens is 1. The number of aromatic amines is 1. The van der Waals surface area contributed by atoms with Crippen LogP contribution in [-0.4, -0.2) is 49.5 Å². The minimum absolute atomic E-state index is 0.112. The van der Waals surface area contributed by atoms with E-state index in [1.165, 1.54) is 12.8 Å². The number of fused-ring (bicyclic) bond motifs is 3. The summed E-state index contributed by atoms with van der Waals surface area (Å²) in [7, 11) is 0. The van der Waals surface area contributed by atoms with Gasteiger partial charge in [-0.05, 0) is 44.6 Å². The maximum atomic E-state index is 12.6. The number of hydrogen-bond donors (Lipinski definition) is 1. The molecular formula is C19H23N5O2. The lowest BCUT2D eigenvalue weighted by molar-refractivity contribution is 0.0573. The summed E-state index contributed by atoms with van der Waals surface area (Å²) in [5, 5.41) is 0. The Kier molecular flexibility index (Phi) is 3.80. The zero-order valence-corrected chi connectivity index (χ0v) is 14.7. The Morgan fingerprint density at radius 2 is 2.00 bits per heavy atom. The Hall–Kier alpha value is -2.57. The van der Waals surface area contributed by atoms with E-state index in [9.17, 15) is 4.79 Å². The first-order valence-corrected chi connectivity index (χ1v) is 9.54. The first kappa shape index (κ1) is 15.7. The van der Waals surface area contributed by atoms with Gasteiger partial charge in [-0.15, -0.1) is 0 Å². The molecule has 7 nitrogen and oxygen atoms in total. The van der Waals surface area contributed by atoms with Crippen molar-refractivity contribution in [3.05, 3.63) is 30.5 Å². The van der Waals surface area contributed by atoms with Crippen LogP contribution in [0.4, 0.5) is 4.79 Å². The second-order valence-electron chi connectivity index (χ2n) is 7.42. The van der Waals surface area contributed by atoms with Crippen LogP contribution in [0.15, 0.2) is 24.7 Å². The van der Waals surface area contributed by atoms with E-state index in [0.29, 0.717) is 6.54 Å². The Morgan fingerprint density at radius 1 is 1.15 bits per heavy atom. The van der Waals surface area contributed by atoms with Crippen molar-refractivity contribution < 1.29 is 9.53 Å². The summed E-state index contributed by atoms with van der Waals surface area (Å²) in [6.07, 6.45) is 11.9. The van der Waals surface area contributed by atoms with Crippen molar-refractivity contribution in [2.75, 3.05) is 13.1 Å². The van der Waals surface area contributed by atoms with Crippen molar-refractivity contribution in [3.8, 4) is 0 Å². The molecule has 0 radical (unpaired) electrons. The summed E-state index contributed by atoms with van der Waals surface area (Å²) in [6.45, 7) is 1.44. The van der Waals surface area contributed by atoms with Crippen LogP contribution in [0.1, 0.15) is 50.3 Å². The highest BCUT2D eigenvalue weighted by Gasteiger charge is 2.30. The highest BCUT2D eigenvalue weighted by Crippen LogP contribution is 2.29. The largest absolute Gasteiger partial charge is 0.446 e. The van der Waals surface area contributed by atoms with E-state index < -0.39 is 0 Å². The van der Waals surface area contributed by atoms with Crippen LogP contribution in [0, 0.1) is 0 Å². The Labute approximate surface area is 151 Å². The van der Waals surface area contributed by atoms with Gasteiger partial charge >= 0.3 is 6.09 Å². The summed E-state index contributed by atoms with van der Waals surface area (Å²) < 4.78 is 7.87. The third kappa shape index (κ3) is 2.62. The number of amides is 1. The summed E-state index contributed by atoms with van der Waals surface area (Å²) in [4.78, 5) is 26.7. The number of aromatic nitrogens is 4. The highest BCUT2D eigenvalue weighted by molar-refractivity contribution is 5.75. The van der Waals surface area contributed by atoms with Gasteiger partial charge in [-0.25, -0.2) is 14.8 Å². The smallest absolute Gasteiger partial charge is 0.410 e. The van der Waals surface area contributed by atoms with Crippen LogP contribution in [-0.2, 0) is 4.74 Å². The second kappa shape index (κ2) is 6.30. The molecule has 0 bridgehead atoms. The minimum atomic E-state index is -0.157. The Morgan fingerprint density at radius 3 is 2.88 bits per heavy atom. The number of nitrogens with one attached hydrogen (secondary N) is 1. The zero-order chi connectivity index (χ0) is 17.5. The molecule has 1 saturated carbocycles. The summed E-state index contributed by atoms with van der Waals surface area (Å²) in [6, 6.07) is 2.02. The molecule has 0 aromatic carbocycles. The average Bonchev–Trinajstić information content (AvgIpc) is 3.41. The molecule has 1 amide bonds. The van der Waals surface area contributed by atoms with E-state index in [4.69, 9.17) is 4.74 Å². The van der Waals surface area contributed by atoms with Gasteiger partial charge in [0.15, 0.2) is 5.65 Å². The van der Waals surface area contributed by atoms with E-state index in [0.717, 1.165) is 54.7 Å². The van der Waals surface area contributed by atoms with E-state index in [-0.39, 0.29) is 18.1 Å². The summed E-state index contributed by atoms with van der Waals surface area (Å²) in [5.41, 5.74) is 2.86. The van der Waals surface area contributed by atoms with Gasteiger partial charge in [0.1, 0.15) is 11.9 Å². The predicted molar refractivity (Wildman–Crippen MR) is 97.1 cm³/mol. The number of carbonyl (C=O) groups is 1. The molecule has 0 spiro atoms. The number of hydrogen-bond acceptors (Lipinski definition) is 4. The lowest BCUT2D eigenvalue weighted by atomic mass is 9.97. The number of nitrogens with zero attached hydrogens (tertiary/aromatic N) is 4. The first-order chi connectivity index (χ1) is 12.8. The van der Waals surface area contributed by atoms with Gasteiger partial charge in [0.05, 0.1) is 23.4 Å². The molecule has 1 N–H and O–H groups in total. The van der Waals surface area contributed by atoms with Gasteiger partial charge in [0.2, 0.25) is 0 Å². The molecule has 1 atom stereocenters. The predicted octanol–water partition coefficient (Wildman–Crippen LogP) is 3.47. The molecule has 3 aromatic rings. The van der Waals surface area contributed by atoms with Crippen LogP contribution in [0.2, 0.25) is 0 Å². The fraction of sp³-hybridized carbons (Fsp3) is 0.526. The van der Waals surface area contributed by atoms with E-state index in [1.54, 1.807) is 0 Å². The number of ether oxygens (including phenoxy) is 1. The second-order valence-corrected chi connectivity index (χ2v) is 7.42. The van der Waals surface area contributed by atoms with Crippen LogP contribution in [0.3, 0.4) is 0 Å². The molecule has 2 fully saturated rings. The van der Waals surface area contributed by atoms with Crippen LogP contribution in [0.5, 0.6) is 0 Å².